The molecule has 17 heavy (non-hydrogen) atoms. The molecule has 0 heterocycles. The van der Waals surface area contributed by atoms with Gasteiger partial charge in [-0.1, -0.05) is 45.0 Å². The lowest BCUT2D eigenvalue weighted by Gasteiger charge is -2.34. The summed E-state index contributed by atoms with van der Waals surface area (Å²) in [5.41, 5.74) is 3.22. The van der Waals surface area contributed by atoms with Gasteiger partial charge in [-0.25, -0.2) is 0 Å². The Hall–Kier alpha value is -0.820. The Morgan fingerprint density at radius 1 is 1.18 bits per heavy atom. The van der Waals surface area contributed by atoms with Gasteiger partial charge in [-0.15, -0.1) is 0 Å². The average Bonchev–Trinajstić information content (AvgIpc) is 2.53. The van der Waals surface area contributed by atoms with E-state index in [4.69, 9.17) is 4.74 Å². The average molecular weight is 232 g/mol. The predicted molar refractivity (Wildman–Crippen MR) is 72.4 cm³/mol. The van der Waals surface area contributed by atoms with Crippen LogP contribution in [0.1, 0.15) is 51.7 Å². The second-order valence-electron chi connectivity index (χ2n) is 6.47. The Morgan fingerprint density at radius 2 is 1.82 bits per heavy atom. The summed E-state index contributed by atoms with van der Waals surface area (Å²) < 4.78 is 6.13. The Kier molecular flexibility index (Phi) is 3.31. The molecule has 0 amide bonds. The molecule has 0 N–H and O–H groups in total. The van der Waals surface area contributed by atoms with Crippen LogP contribution in [0, 0.1) is 5.41 Å². The Labute approximate surface area is 105 Å². The van der Waals surface area contributed by atoms with Crippen molar-refractivity contribution in [3.63, 3.8) is 0 Å². The highest BCUT2D eigenvalue weighted by molar-refractivity contribution is 5.38. The van der Waals surface area contributed by atoms with E-state index in [1.807, 2.05) is 0 Å². The number of ether oxygens (including phenoxy) is 1. The van der Waals surface area contributed by atoms with Crippen LogP contribution in [0.5, 0.6) is 0 Å². The maximum absolute atomic E-state index is 6.13. The van der Waals surface area contributed by atoms with Gasteiger partial charge in [0.25, 0.3) is 0 Å². The van der Waals surface area contributed by atoms with Crippen molar-refractivity contribution in [1.29, 1.82) is 0 Å². The van der Waals surface area contributed by atoms with Gasteiger partial charge in [0.1, 0.15) is 0 Å². The van der Waals surface area contributed by atoms with Gasteiger partial charge in [0, 0.05) is 5.92 Å². The van der Waals surface area contributed by atoms with E-state index in [2.05, 4.69) is 58.9 Å². The van der Waals surface area contributed by atoms with Gasteiger partial charge >= 0.3 is 0 Å². The number of hydrogen-bond donors (Lipinski definition) is 0. The highest BCUT2D eigenvalue weighted by Gasteiger charge is 2.40. The minimum atomic E-state index is 0.256. The molecular weight excluding hydrogens is 208 g/mol. The quantitative estimate of drug-likeness (QED) is 0.743. The van der Waals surface area contributed by atoms with Gasteiger partial charge in [-0.05, 0) is 36.8 Å². The second-order valence-corrected chi connectivity index (χ2v) is 6.47. The zero-order valence-electron chi connectivity index (χ0n) is 11.7. The second kappa shape index (κ2) is 4.45. The fraction of sp³-hybridized carbons (Fsp3) is 0.625. The van der Waals surface area contributed by atoms with Crippen LogP contribution >= 0.6 is 0 Å². The van der Waals surface area contributed by atoms with Crippen LogP contribution in [-0.2, 0) is 11.2 Å². The largest absolute Gasteiger partial charge is 0.375 e. The molecule has 1 aliphatic rings. The lowest BCUT2D eigenvalue weighted by atomic mass is 9.76. The Balaban J connectivity index is 2.34. The first-order valence-electron chi connectivity index (χ1n) is 6.63. The van der Waals surface area contributed by atoms with E-state index in [0.717, 1.165) is 6.42 Å². The molecule has 94 valence electrons. The molecule has 0 aromatic heterocycles. The normalized spacial score (nSPS) is 24.1. The van der Waals surface area contributed by atoms with Crippen molar-refractivity contribution in [3.05, 3.63) is 35.4 Å². The molecule has 2 atom stereocenters. The van der Waals surface area contributed by atoms with Gasteiger partial charge < -0.3 is 4.74 Å². The van der Waals surface area contributed by atoms with Crippen LogP contribution in [0.25, 0.3) is 0 Å². The summed E-state index contributed by atoms with van der Waals surface area (Å²) >= 11 is 0. The van der Waals surface area contributed by atoms with Gasteiger partial charge in [0.2, 0.25) is 0 Å². The first kappa shape index (κ1) is 12.6. The van der Waals surface area contributed by atoms with Crippen molar-refractivity contribution >= 4 is 0 Å². The lowest BCUT2D eigenvalue weighted by Crippen LogP contribution is -2.30. The Morgan fingerprint density at radius 3 is 2.41 bits per heavy atom. The van der Waals surface area contributed by atoms with Crippen LogP contribution < -0.4 is 0 Å². The molecule has 0 fully saturated rings. The van der Waals surface area contributed by atoms with Crippen LogP contribution in [0.4, 0.5) is 0 Å². The summed E-state index contributed by atoms with van der Waals surface area (Å²) in [5.74, 6) is 0.515. The molecule has 2 rings (SSSR count). The van der Waals surface area contributed by atoms with Gasteiger partial charge in [-0.3, -0.25) is 0 Å². The van der Waals surface area contributed by atoms with Crippen molar-refractivity contribution < 1.29 is 4.74 Å². The van der Waals surface area contributed by atoms with Gasteiger partial charge in [0.05, 0.1) is 12.2 Å². The number of rotatable bonds is 2. The SMILES string of the molecule is CC(C)O[C@H]1Cc2ccccc2[C@H]1C(C)(C)C. The molecule has 0 saturated heterocycles. The minimum Gasteiger partial charge on any atom is -0.375 e. The molecular formula is C16H24O. The highest BCUT2D eigenvalue weighted by atomic mass is 16.5. The molecule has 0 aliphatic heterocycles. The van der Waals surface area contributed by atoms with Crippen molar-refractivity contribution in [1.82, 2.24) is 0 Å². The van der Waals surface area contributed by atoms with Crippen molar-refractivity contribution in [2.24, 2.45) is 5.41 Å². The Bertz CT molecular complexity index is 387. The van der Waals surface area contributed by atoms with E-state index >= 15 is 0 Å². The fourth-order valence-corrected chi connectivity index (χ4v) is 3.06. The molecule has 0 spiro atoms. The maximum Gasteiger partial charge on any atom is 0.0692 e. The van der Waals surface area contributed by atoms with Crippen LogP contribution in [0.2, 0.25) is 0 Å². The summed E-state index contributed by atoms with van der Waals surface area (Å²) in [6, 6.07) is 8.80. The zero-order valence-corrected chi connectivity index (χ0v) is 11.7. The number of benzene rings is 1. The fourth-order valence-electron chi connectivity index (χ4n) is 3.06. The molecule has 0 bridgehead atoms. The topological polar surface area (TPSA) is 9.23 Å². The third kappa shape index (κ3) is 2.55. The molecule has 1 aromatic rings. The zero-order chi connectivity index (χ0) is 12.6. The van der Waals surface area contributed by atoms with Crippen molar-refractivity contribution in [3.8, 4) is 0 Å². The third-order valence-corrected chi connectivity index (χ3v) is 3.56. The van der Waals surface area contributed by atoms with E-state index in [-0.39, 0.29) is 5.41 Å². The van der Waals surface area contributed by atoms with E-state index in [1.165, 1.54) is 11.1 Å². The predicted octanol–water partition coefficient (Wildman–Crippen LogP) is 4.17. The van der Waals surface area contributed by atoms with Crippen LogP contribution in [-0.4, -0.2) is 12.2 Å². The van der Waals surface area contributed by atoms with E-state index in [0.29, 0.717) is 18.1 Å². The first-order valence-corrected chi connectivity index (χ1v) is 6.63. The lowest BCUT2D eigenvalue weighted by molar-refractivity contribution is -0.0210. The summed E-state index contributed by atoms with van der Waals surface area (Å²) in [6.45, 7) is 11.2. The molecule has 1 heteroatoms. The number of fused-ring (bicyclic) bond motifs is 1. The van der Waals surface area contributed by atoms with E-state index < -0.39 is 0 Å². The molecule has 0 radical (unpaired) electrons. The first-order chi connectivity index (χ1) is 7.89. The third-order valence-electron chi connectivity index (χ3n) is 3.56. The minimum absolute atomic E-state index is 0.256. The summed E-state index contributed by atoms with van der Waals surface area (Å²) in [6.07, 6.45) is 1.71. The maximum atomic E-state index is 6.13. The summed E-state index contributed by atoms with van der Waals surface area (Å²) in [5, 5.41) is 0. The van der Waals surface area contributed by atoms with E-state index in [1.54, 1.807) is 0 Å². The van der Waals surface area contributed by atoms with Crippen LogP contribution in [0.15, 0.2) is 24.3 Å². The van der Waals surface area contributed by atoms with Crippen LogP contribution in [0.3, 0.4) is 0 Å². The molecule has 0 unspecified atom stereocenters. The van der Waals surface area contributed by atoms with Crippen molar-refractivity contribution in [2.75, 3.05) is 0 Å². The summed E-state index contributed by atoms with van der Waals surface area (Å²) in [4.78, 5) is 0. The van der Waals surface area contributed by atoms with Crippen molar-refractivity contribution in [2.45, 2.75) is 59.2 Å². The van der Waals surface area contributed by atoms with Gasteiger partial charge in [-0.2, -0.15) is 0 Å². The molecule has 0 saturated carbocycles. The molecule has 1 aromatic carbocycles. The highest BCUT2D eigenvalue weighted by Crippen LogP contribution is 2.46. The number of hydrogen-bond acceptors (Lipinski definition) is 1. The van der Waals surface area contributed by atoms with Gasteiger partial charge in [0.15, 0.2) is 0 Å². The molecule has 1 nitrogen and oxygen atoms in total. The summed E-state index contributed by atoms with van der Waals surface area (Å²) in [7, 11) is 0. The van der Waals surface area contributed by atoms with E-state index in [9.17, 15) is 0 Å². The monoisotopic (exact) mass is 232 g/mol. The smallest absolute Gasteiger partial charge is 0.0692 e. The molecule has 1 aliphatic carbocycles. The standard InChI is InChI=1S/C16H24O/c1-11(2)17-14-10-12-8-6-7-9-13(12)15(14)16(3,4)5/h6-9,11,14-15H,10H2,1-5H3/t14-,15+/m0/s1.